The van der Waals surface area contributed by atoms with Gasteiger partial charge in [-0.1, -0.05) is 0 Å². The van der Waals surface area contributed by atoms with Gasteiger partial charge in [0.15, 0.2) is 5.60 Å². The number of carbonyl (C=O) groups is 3. The molecule has 0 unspecified atom stereocenters. The van der Waals surface area contributed by atoms with Crippen LogP contribution in [-0.4, -0.2) is 137 Å². The Kier molecular flexibility index (Phi) is 17.8. The smallest absolute Gasteiger partial charge is 1.00 e. The SMILES string of the molecule is O=C(O)CC(O)(CC(=O)O)C(=O)O.O=S(=O)(O)O.[Ca+2].[Ca+2].[H-].[H-].[H-].[H-]. The summed E-state index contributed by atoms with van der Waals surface area (Å²) in [6, 6.07) is 0. The molecule has 0 aromatic rings. The van der Waals surface area contributed by atoms with Crippen molar-refractivity contribution in [3.63, 3.8) is 0 Å². The summed E-state index contributed by atoms with van der Waals surface area (Å²) in [7, 11) is -4.67. The van der Waals surface area contributed by atoms with E-state index in [0.29, 0.717) is 0 Å². The van der Waals surface area contributed by atoms with E-state index in [-0.39, 0.29) is 81.2 Å². The van der Waals surface area contributed by atoms with E-state index in [9.17, 15) is 14.4 Å². The second-order valence-corrected chi connectivity index (χ2v) is 3.82. The standard InChI is InChI=1S/C6H8O7.2Ca.H2O4S.4H/c7-3(8)1-6(13,5(11)12)2-4(9)10;;;1-5(2,3)4;;;;/h13H,1-2H2,(H,7,8)(H,9,10)(H,11,12);;;(H2,1,2,3,4);;;;/q;2*+2;;4*-1. The van der Waals surface area contributed by atoms with Crippen molar-refractivity contribution in [3.8, 4) is 0 Å². The molecular formula is C6H14Ca2O11S. The largest absolute Gasteiger partial charge is 2.00 e. The molecule has 114 valence electrons. The molecule has 0 atom stereocenters. The molecule has 0 aliphatic heterocycles. The van der Waals surface area contributed by atoms with E-state index in [1.54, 1.807) is 0 Å². The fraction of sp³-hybridized carbons (Fsp3) is 0.500. The number of aliphatic carboxylic acids is 3. The molecule has 0 fully saturated rings. The van der Waals surface area contributed by atoms with Gasteiger partial charge < -0.3 is 26.1 Å². The van der Waals surface area contributed by atoms with Crippen LogP contribution in [0, 0.1) is 0 Å². The summed E-state index contributed by atoms with van der Waals surface area (Å²) in [5.74, 6) is -5.02. The number of hydrogen-bond donors (Lipinski definition) is 6. The Morgan fingerprint density at radius 2 is 1.10 bits per heavy atom. The van der Waals surface area contributed by atoms with E-state index in [4.69, 9.17) is 37.9 Å². The van der Waals surface area contributed by atoms with Crippen LogP contribution in [0.2, 0.25) is 0 Å². The van der Waals surface area contributed by atoms with Crippen LogP contribution in [0.3, 0.4) is 0 Å². The molecule has 6 N–H and O–H groups in total. The van der Waals surface area contributed by atoms with Gasteiger partial charge in [-0.25, -0.2) is 4.79 Å². The van der Waals surface area contributed by atoms with Crippen LogP contribution in [0.5, 0.6) is 0 Å². The molecule has 0 rings (SSSR count). The molecule has 14 heteroatoms. The van der Waals surface area contributed by atoms with Crippen molar-refractivity contribution in [1.29, 1.82) is 0 Å². The second-order valence-electron chi connectivity index (χ2n) is 2.93. The Balaban J connectivity index is -0.0000000347. The van der Waals surface area contributed by atoms with E-state index in [1.807, 2.05) is 0 Å². The van der Waals surface area contributed by atoms with Crippen LogP contribution in [0.25, 0.3) is 0 Å². The average Bonchev–Trinajstić information content (AvgIpc) is 1.95. The summed E-state index contributed by atoms with van der Waals surface area (Å²) in [5.41, 5.74) is -2.74. The minimum absolute atomic E-state index is 0. The zero-order chi connectivity index (χ0) is 15.1. The first-order chi connectivity index (χ1) is 7.78. The molecule has 0 heterocycles. The Morgan fingerprint density at radius 1 is 0.900 bits per heavy atom. The molecule has 0 bridgehead atoms. The zero-order valence-corrected chi connectivity index (χ0v) is 15.2. The molecule has 0 saturated heterocycles. The van der Waals surface area contributed by atoms with Crippen molar-refractivity contribution in [2.75, 3.05) is 0 Å². The first-order valence-corrected chi connectivity index (χ1v) is 5.27. The minimum atomic E-state index is -4.67. The van der Waals surface area contributed by atoms with Crippen LogP contribution in [0.15, 0.2) is 0 Å². The summed E-state index contributed by atoms with van der Waals surface area (Å²) >= 11 is 0. The van der Waals surface area contributed by atoms with Gasteiger partial charge in [0, 0.05) is 0 Å². The van der Waals surface area contributed by atoms with Crippen molar-refractivity contribution >= 4 is 104 Å². The van der Waals surface area contributed by atoms with Crippen molar-refractivity contribution in [2.24, 2.45) is 0 Å². The fourth-order valence-corrected chi connectivity index (χ4v) is 0.714. The monoisotopic (exact) mass is 374 g/mol. The summed E-state index contributed by atoms with van der Waals surface area (Å²) in [5, 5.41) is 33.8. The van der Waals surface area contributed by atoms with Crippen LogP contribution in [0.1, 0.15) is 18.5 Å². The van der Waals surface area contributed by atoms with Crippen molar-refractivity contribution in [1.82, 2.24) is 0 Å². The van der Waals surface area contributed by atoms with Gasteiger partial charge in [-0.2, -0.15) is 8.42 Å². The summed E-state index contributed by atoms with van der Waals surface area (Å²) < 4.78 is 31.6. The Morgan fingerprint density at radius 3 is 1.20 bits per heavy atom. The molecule has 0 spiro atoms. The number of carboxylic acid groups (broad SMARTS) is 3. The number of rotatable bonds is 5. The van der Waals surface area contributed by atoms with Gasteiger partial charge in [0.2, 0.25) is 0 Å². The van der Waals surface area contributed by atoms with E-state index < -0.39 is 46.7 Å². The summed E-state index contributed by atoms with van der Waals surface area (Å²) in [6.45, 7) is 0. The second kappa shape index (κ2) is 12.3. The Bertz CT molecular complexity index is 422. The molecular weight excluding hydrogens is 360 g/mol. The van der Waals surface area contributed by atoms with Gasteiger partial charge in [0.1, 0.15) is 0 Å². The first kappa shape index (κ1) is 28.9. The van der Waals surface area contributed by atoms with Crippen LogP contribution in [0.4, 0.5) is 0 Å². The minimum Gasteiger partial charge on any atom is -1.00 e. The van der Waals surface area contributed by atoms with E-state index >= 15 is 0 Å². The maximum Gasteiger partial charge on any atom is 2.00 e. The average molecular weight is 374 g/mol. The predicted molar refractivity (Wildman–Crippen MR) is 67.2 cm³/mol. The zero-order valence-electron chi connectivity index (χ0n) is 14.0. The molecule has 0 aliphatic rings. The quantitative estimate of drug-likeness (QED) is 0.224. The molecule has 11 nitrogen and oxygen atoms in total. The van der Waals surface area contributed by atoms with Gasteiger partial charge in [-0.3, -0.25) is 18.7 Å². The van der Waals surface area contributed by atoms with Gasteiger partial charge in [-0.05, 0) is 0 Å². The van der Waals surface area contributed by atoms with Gasteiger partial charge in [-0.15, -0.1) is 0 Å². The molecule has 0 aliphatic carbocycles. The molecule has 0 aromatic heterocycles. The normalized spacial score (nSPS) is 9.95. The molecule has 0 saturated carbocycles. The maximum atomic E-state index is 10.3. The third kappa shape index (κ3) is 21.1. The summed E-state index contributed by atoms with van der Waals surface area (Å²) in [4.78, 5) is 30.5. The van der Waals surface area contributed by atoms with E-state index in [1.165, 1.54) is 0 Å². The van der Waals surface area contributed by atoms with Crippen LogP contribution >= 0.6 is 0 Å². The Labute approximate surface area is 178 Å². The van der Waals surface area contributed by atoms with Crippen molar-refractivity contribution < 1.29 is 58.0 Å². The van der Waals surface area contributed by atoms with Crippen LogP contribution in [-0.2, 0) is 24.8 Å². The third-order valence-electron chi connectivity index (χ3n) is 1.29. The Hall–Kier alpha value is 0.759. The predicted octanol–water partition coefficient (Wildman–Crippen LogP) is -2.21. The van der Waals surface area contributed by atoms with Gasteiger partial charge >= 0.3 is 104 Å². The van der Waals surface area contributed by atoms with E-state index in [2.05, 4.69) is 0 Å². The maximum absolute atomic E-state index is 10.3. The summed E-state index contributed by atoms with van der Waals surface area (Å²) in [6.07, 6.45) is -2.29. The van der Waals surface area contributed by atoms with Crippen molar-refractivity contribution in [2.45, 2.75) is 18.4 Å². The number of hydrogen-bond acceptors (Lipinski definition) is 6. The number of carboxylic acids is 3. The molecule has 0 radical (unpaired) electrons. The fourth-order valence-electron chi connectivity index (χ4n) is 0.714. The van der Waals surface area contributed by atoms with Gasteiger partial charge in [0.25, 0.3) is 0 Å². The van der Waals surface area contributed by atoms with Crippen LogP contribution < -0.4 is 0 Å². The number of aliphatic hydroxyl groups is 1. The van der Waals surface area contributed by atoms with Crippen molar-refractivity contribution in [3.05, 3.63) is 0 Å². The molecule has 0 amide bonds. The van der Waals surface area contributed by atoms with Gasteiger partial charge in [0.05, 0.1) is 12.8 Å². The molecule has 0 aromatic carbocycles. The van der Waals surface area contributed by atoms with E-state index in [0.717, 1.165) is 0 Å². The molecule has 20 heavy (non-hydrogen) atoms. The first-order valence-electron chi connectivity index (χ1n) is 3.87. The third-order valence-corrected chi connectivity index (χ3v) is 1.29. The topological polar surface area (TPSA) is 207 Å².